The summed E-state index contributed by atoms with van der Waals surface area (Å²) in [6.07, 6.45) is 6.95. The lowest BCUT2D eigenvalue weighted by Crippen LogP contribution is -2.62. The van der Waals surface area contributed by atoms with Crippen LogP contribution in [0.15, 0.2) is 18.2 Å². The van der Waals surface area contributed by atoms with Crippen molar-refractivity contribution in [2.24, 2.45) is 0 Å². The van der Waals surface area contributed by atoms with Crippen molar-refractivity contribution >= 4 is 11.6 Å². The van der Waals surface area contributed by atoms with Crippen molar-refractivity contribution in [1.82, 2.24) is 15.1 Å². The third-order valence-corrected chi connectivity index (χ3v) is 7.19. The molecule has 1 amide bonds. The fraction of sp³-hybridized carbons (Fsp3) is 0.696. The second-order valence-electron chi connectivity index (χ2n) is 8.93. The molecule has 1 aliphatic carbocycles. The number of amides is 1. The predicted molar refractivity (Wildman–Crippen MR) is 117 cm³/mol. The first-order chi connectivity index (χ1) is 13.4. The molecule has 1 heterocycles. The minimum atomic E-state index is -0.435. The Bertz CT molecular complexity index is 659. The summed E-state index contributed by atoms with van der Waals surface area (Å²) >= 11 is 0. The molecule has 0 spiro atoms. The Morgan fingerprint density at radius 3 is 2.29 bits per heavy atom. The van der Waals surface area contributed by atoms with Crippen LogP contribution in [-0.2, 0) is 4.79 Å². The number of aryl methyl sites for hydroxylation is 2. The van der Waals surface area contributed by atoms with E-state index in [1.165, 1.54) is 25.7 Å². The molecule has 0 radical (unpaired) electrons. The highest BCUT2D eigenvalue weighted by Gasteiger charge is 2.45. The topological polar surface area (TPSA) is 47.6 Å². The van der Waals surface area contributed by atoms with Gasteiger partial charge in [-0.05, 0) is 71.8 Å². The number of likely N-dealkylation sites (N-methyl/N-ethyl adjacent to an activating group) is 2. The molecule has 1 aromatic rings. The van der Waals surface area contributed by atoms with Crippen molar-refractivity contribution in [2.75, 3.05) is 39.5 Å². The van der Waals surface area contributed by atoms with Crippen LogP contribution < -0.4 is 10.6 Å². The normalized spacial score (nSPS) is 25.6. The largest absolute Gasteiger partial charge is 0.324 e. The van der Waals surface area contributed by atoms with Crippen molar-refractivity contribution in [3.05, 3.63) is 29.3 Å². The zero-order chi connectivity index (χ0) is 20.3. The maximum atomic E-state index is 13.5. The highest BCUT2D eigenvalue weighted by atomic mass is 16.2. The summed E-state index contributed by atoms with van der Waals surface area (Å²) in [6.45, 7) is 6.10. The molecule has 2 atom stereocenters. The van der Waals surface area contributed by atoms with Gasteiger partial charge in [0.2, 0.25) is 5.91 Å². The van der Waals surface area contributed by atoms with E-state index in [9.17, 15) is 4.79 Å². The third kappa shape index (κ3) is 4.12. The second kappa shape index (κ2) is 8.93. The lowest BCUT2D eigenvalue weighted by atomic mass is 9.82. The van der Waals surface area contributed by atoms with Gasteiger partial charge in [-0.2, -0.15) is 0 Å². The number of benzene rings is 1. The van der Waals surface area contributed by atoms with Crippen LogP contribution in [-0.4, -0.2) is 67.6 Å². The monoisotopic (exact) mass is 386 g/mol. The Labute approximate surface area is 170 Å². The number of anilines is 1. The van der Waals surface area contributed by atoms with E-state index in [0.29, 0.717) is 12.1 Å². The van der Waals surface area contributed by atoms with E-state index in [1.807, 2.05) is 6.07 Å². The average molecular weight is 387 g/mol. The minimum absolute atomic E-state index is 0.142. The van der Waals surface area contributed by atoms with Gasteiger partial charge in [0, 0.05) is 30.9 Å². The molecule has 0 unspecified atom stereocenters. The SMILES string of the molecule is CN[C@@H]1CCCC[C@H]1N1CCC(C(=O)Nc2c(C)cccc2C)(N(C)C)CC1. The summed E-state index contributed by atoms with van der Waals surface area (Å²) in [7, 11) is 6.20. The van der Waals surface area contributed by atoms with Crippen LogP contribution in [0.3, 0.4) is 0 Å². The van der Waals surface area contributed by atoms with E-state index in [1.54, 1.807) is 0 Å². The number of nitrogens with one attached hydrogen (secondary N) is 2. The molecule has 2 fully saturated rings. The molecule has 2 N–H and O–H groups in total. The number of likely N-dealkylation sites (tertiary alicyclic amines) is 1. The Hall–Kier alpha value is -1.43. The number of hydrogen-bond donors (Lipinski definition) is 2. The van der Waals surface area contributed by atoms with E-state index < -0.39 is 5.54 Å². The summed E-state index contributed by atoms with van der Waals surface area (Å²) in [5, 5.41) is 6.80. The molecule has 28 heavy (non-hydrogen) atoms. The first kappa shape index (κ1) is 21.3. The molecular weight excluding hydrogens is 348 g/mol. The van der Waals surface area contributed by atoms with Crippen molar-refractivity contribution in [3.8, 4) is 0 Å². The number of rotatable bonds is 5. The highest BCUT2D eigenvalue weighted by molar-refractivity contribution is 5.99. The lowest BCUT2D eigenvalue weighted by molar-refractivity contribution is -0.130. The molecule has 5 nitrogen and oxygen atoms in total. The zero-order valence-electron chi connectivity index (χ0n) is 18.3. The van der Waals surface area contributed by atoms with Crippen molar-refractivity contribution < 1.29 is 4.79 Å². The zero-order valence-corrected chi connectivity index (χ0v) is 18.3. The highest BCUT2D eigenvalue weighted by Crippen LogP contribution is 2.33. The van der Waals surface area contributed by atoms with Crippen LogP contribution >= 0.6 is 0 Å². The van der Waals surface area contributed by atoms with E-state index in [0.717, 1.165) is 42.7 Å². The van der Waals surface area contributed by atoms with Gasteiger partial charge in [0.1, 0.15) is 5.54 Å². The maximum Gasteiger partial charge on any atom is 0.244 e. The standard InChI is InChI=1S/C23H38N4O/c1-17-9-8-10-18(2)21(17)25-22(28)23(26(4)5)13-15-27(16-14-23)20-12-7-6-11-19(20)24-3/h8-10,19-20,24H,6-7,11-16H2,1-5H3,(H,25,28)/t19-,20-/m1/s1. The Kier molecular flexibility index (Phi) is 6.79. The summed E-state index contributed by atoms with van der Waals surface area (Å²) < 4.78 is 0. The van der Waals surface area contributed by atoms with Crippen LogP contribution in [0.4, 0.5) is 5.69 Å². The maximum absolute atomic E-state index is 13.5. The Balaban J connectivity index is 1.73. The first-order valence-electron chi connectivity index (χ1n) is 10.9. The van der Waals surface area contributed by atoms with Gasteiger partial charge in [-0.15, -0.1) is 0 Å². The number of hydrogen-bond acceptors (Lipinski definition) is 4. The molecule has 1 saturated carbocycles. The minimum Gasteiger partial charge on any atom is -0.324 e. The number of carbonyl (C=O) groups is 1. The lowest BCUT2D eigenvalue weighted by Gasteiger charge is -2.49. The third-order valence-electron chi connectivity index (χ3n) is 7.19. The number of piperidine rings is 1. The van der Waals surface area contributed by atoms with Crippen LogP contribution in [0.1, 0.15) is 49.7 Å². The van der Waals surface area contributed by atoms with E-state index in [4.69, 9.17) is 0 Å². The summed E-state index contributed by atoms with van der Waals surface area (Å²) in [5.41, 5.74) is 2.78. The molecule has 2 aliphatic rings. The molecule has 5 heteroatoms. The molecule has 1 saturated heterocycles. The number of nitrogens with zero attached hydrogens (tertiary/aromatic N) is 2. The van der Waals surface area contributed by atoms with E-state index in [-0.39, 0.29) is 5.91 Å². The van der Waals surface area contributed by atoms with Crippen LogP contribution in [0.25, 0.3) is 0 Å². The van der Waals surface area contributed by atoms with Gasteiger partial charge in [0.15, 0.2) is 0 Å². The molecule has 3 rings (SSSR count). The van der Waals surface area contributed by atoms with Gasteiger partial charge >= 0.3 is 0 Å². The fourth-order valence-corrected chi connectivity index (χ4v) is 5.23. The second-order valence-corrected chi connectivity index (χ2v) is 8.93. The van der Waals surface area contributed by atoms with Crippen molar-refractivity contribution in [2.45, 2.75) is 70.0 Å². The van der Waals surface area contributed by atoms with Crippen LogP contribution in [0, 0.1) is 13.8 Å². The van der Waals surface area contributed by atoms with Crippen LogP contribution in [0.5, 0.6) is 0 Å². The molecule has 1 aromatic carbocycles. The van der Waals surface area contributed by atoms with Gasteiger partial charge < -0.3 is 10.6 Å². The smallest absolute Gasteiger partial charge is 0.244 e. The van der Waals surface area contributed by atoms with Crippen molar-refractivity contribution in [1.29, 1.82) is 0 Å². The number of para-hydroxylation sites is 1. The van der Waals surface area contributed by atoms with E-state index >= 15 is 0 Å². The average Bonchev–Trinajstić information content (AvgIpc) is 2.70. The summed E-state index contributed by atoms with van der Waals surface area (Å²) in [4.78, 5) is 18.2. The van der Waals surface area contributed by atoms with Gasteiger partial charge in [-0.25, -0.2) is 0 Å². The van der Waals surface area contributed by atoms with E-state index in [2.05, 4.69) is 67.6 Å². The Morgan fingerprint density at radius 2 is 1.71 bits per heavy atom. The molecule has 0 aromatic heterocycles. The van der Waals surface area contributed by atoms with Gasteiger partial charge in [0.25, 0.3) is 0 Å². The molecule has 156 valence electrons. The number of carbonyl (C=O) groups excluding carboxylic acids is 1. The Morgan fingerprint density at radius 1 is 1.11 bits per heavy atom. The van der Waals surface area contributed by atoms with Crippen LogP contribution in [0.2, 0.25) is 0 Å². The van der Waals surface area contributed by atoms with Crippen molar-refractivity contribution in [3.63, 3.8) is 0 Å². The molecule has 0 bridgehead atoms. The van der Waals surface area contributed by atoms with Gasteiger partial charge in [-0.3, -0.25) is 14.6 Å². The summed E-state index contributed by atoms with van der Waals surface area (Å²) in [6, 6.07) is 7.37. The molecular formula is C23H38N4O. The predicted octanol–water partition coefficient (Wildman–Crippen LogP) is 3.17. The quantitative estimate of drug-likeness (QED) is 0.816. The molecule has 1 aliphatic heterocycles. The summed E-state index contributed by atoms with van der Waals surface area (Å²) in [5.74, 6) is 0.142. The fourth-order valence-electron chi connectivity index (χ4n) is 5.23. The first-order valence-corrected chi connectivity index (χ1v) is 10.9. The van der Waals surface area contributed by atoms with Gasteiger partial charge in [-0.1, -0.05) is 31.0 Å². The van der Waals surface area contributed by atoms with Gasteiger partial charge in [0.05, 0.1) is 0 Å².